The van der Waals surface area contributed by atoms with E-state index >= 15 is 0 Å². The lowest BCUT2D eigenvalue weighted by atomic mass is 10.0. The number of rotatable bonds is 8. The van der Waals surface area contributed by atoms with E-state index in [-0.39, 0.29) is 0 Å². The zero-order valence-electron chi connectivity index (χ0n) is 16.8. The molecule has 3 atom stereocenters. The van der Waals surface area contributed by atoms with E-state index in [0.717, 1.165) is 61.8 Å². The number of hydrogen-bond donors (Lipinski definition) is 2. The molecule has 6 nitrogen and oxygen atoms in total. The Labute approximate surface area is 172 Å². The Kier molecular flexibility index (Phi) is 7.01. The van der Waals surface area contributed by atoms with Crippen LogP contribution in [-0.4, -0.2) is 92.0 Å². The molecule has 0 spiro atoms. The number of aliphatic hydroxyl groups excluding tert-OH is 1. The molecule has 28 heavy (non-hydrogen) atoms. The van der Waals surface area contributed by atoms with Gasteiger partial charge < -0.3 is 19.9 Å². The topological polar surface area (TPSA) is 57.2 Å². The minimum Gasteiger partial charge on any atom is -0.493 e. The average Bonchev–Trinajstić information content (AvgIpc) is 3.29. The van der Waals surface area contributed by atoms with Gasteiger partial charge in [-0.25, -0.2) is 0 Å². The molecule has 3 saturated heterocycles. The summed E-state index contributed by atoms with van der Waals surface area (Å²) in [6.07, 6.45) is -0.481. The standard InChI is InChI=1S/C21H33N3O3S/c1-26-21-8-16(11-24-12-17-9-22-10-18(17)13-24)2-3-20(21)27-15-19(25)14-23-4-6-28-7-5-23/h2-3,8,17-19,22,25H,4-7,9-15H2,1H3/t17-,18+,19?. The average molecular weight is 408 g/mol. The van der Waals surface area contributed by atoms with Crippen molar-refractivity contribution in [2.75, 3.05) is 71.0 Å². The first-order chi connectivity index (χ1) is 13.7. The summed E-state index contributed by atoms with van der Waals surface area (Å²) in [4.78, 5) is 4.86. The highest BCUT2D eigenvalue weighted by molar-refractivity contribution is 7.99. The Morgan fingerprint density at radius 1 is 1.14 bits per heavy atom. The van der Waals surface area contributed by atoms with Crippen LogP contribution in [0.4, 0.5) is 0 Å². The number of thioether (sulfide) groups is 1. The summed E-state index contributed by atoms with van der Waals surface area (Å²) in [5, 5.41) is 13.8. The van der Waals surface area contributed by atoms with Crippen molar-refractivity contribution in [2.24, 2.45) is 11.8 Å². The number of hydrogen-bond acceptors (Lipinski definition) is 7. The van der Waals surface area contributed by atoms with Gasteiger partial charge in [0.2, 0.25) is 0 Å². The van der Waals surface area contributed by atoms with Crippen LogP contribution < -0.4 is 14.8 Å². The van der Waals surface area contributed by atoms with Crippen LogP contribution in [0.15, 0.2) is 18.2 Å². The fourth-order valence-corrected chi connectivity index (χ4v) is 5.57. The molecule has 7 heteroatoms. The molecule has 3 fully saturated rings. The zero-order chi connectivity index (χ0) is 19.3. The first-order valence-corrected chi connectivity index (χ1v) is 11.6. The Bertz CT molecular complexity index is 629. The molecule has 3 aliphatic heterocycles. The van der Waals surface area contributed by atoms with Gasteiger partial charge >= 0.3 is 0 Å². The van der Waals surface area contributed by atoms with Crippen molar-refractivity contribution >= 4 is 11.8 Å². The monoisotopic (exact) mass is 407 g/mol. The maximum Gasteiger partial charge on any atom is 0.161 e. The fraction of sp³-hybridized carbons (Fsp3) is 0.714. The van der Waals surface area contributed by atoms with Gasteiger partial charge in [-0.05, 0) is 42.6 Å². The number of β-amino-alcohol motifs (C(OH)–C–C–N with tert-alkyl or cyclic N) is 1. The quantitative estimate of drug-likeness (QED) is 0.670. The molecule has 0 saturated carbocycles. The Morgan fingerprint density at radius 3 is 2.61 bits per heavy atom. The third-order valence-corrected chi connectivity index (χ3v) is 7.05. The third kappa shape index (κ3) is 5.13. The lowest BCUT2D eigenvalue weighted by Crippen LogP contribution is -2.40. The van der Waals surface area contributed by atoms with Gasteiger partial charge in [-0.3, -0.25) is 9.80 Å². The number of likely N-dealkylation sites (tertiary alicyclic amines) is 1. The van der Waals surface area contributed by atoms with Crippen LogP contribution in [0.5, 0.6) is 11.5 Å². The number of fused-ring (bicyclic) bond motifs is 1. The molecule has 0 amide bonds. The van der Waals surface area contributed by atoms with Crippen molar-refractivity contribution in [1.29, 1.82) is 0 Å². The van der Waals surface area contributed by atoms with Gasteiger partial charge in [-0.2, -0.15) is 11.8 Å². The molecule has 0 bridgehead atoms. The predicted molar refractivity (Wildman–Crippen MR) is 113 cm³/mol. The summed E-state index contributed by atoms with van der Waals surface area (Å²) < 4.78 is 11.4. The van der Waals surface area contributed by atoms with E-state index in [9.17, 15) is 5.11 Å². The van der Waals surface area contributed by atoms with E-state index in [2.05, 4.69) is 27.2 Å². The Hall–Kier alpha value is -0.990. The van der Waals surface area contributed by atoms with Crippen LogP contribution in [0, 0.1) is 11.8 Å². The second-order valence-electron chi connectivity index (χ2n) is 8.24. The van der Waals surface area contributed by atoms with Crippen LogP contribution in [0.25, 0.3) is 0 Å². The zero-order valence-corrected chi connectivity index (χ0v) is 17.6. The molecule has 1 unspecified atom stereocenters. The number of nitrogens with one attached hydrogen (secondary N) is 1. The minimum absolute atomic E-state index is 0.293. The number of aliphatic hydroxyl groups is 1. The lowest BCUT2D eigenvalue weighted by molar-refractivity contribution is 0.0704. The van der Waals surface area contributed by atoms with Crippen molar-refractivity contribution < 1.29 is 14.6 Å². The molecule has 3 aliphatic rings. The third-order valence-electron chi connectivity index (χ3n) is 6.10. The normalized spacial score (nSPS) is 26.9. The maximum atomic E-state index is 10.3. The largest absolute Gasteiger partial charge is 0.493 e. The second-order valence-corrected chi connectivity index (χ2v) is 9.46. The summed E-state index contributed by atoms with van der Waals surface area (Å²) in [6.45, 7) is 8.71. The molecule has 0 aromatic heterocycles. The molecular weight excluding hydrogens is 374 g/mol. The predicted octanol–water partition coefficient (Wildman–Crippen LogP) is 1.13. The van der Waals surface area contributed by atoms with E-state index in [0.29, 0.717) is 18.9 Å². The number of methoxy groups -OCH3 is 1. The molecule has 1 aromatic rings. The molecule has 2 N–H and O–H groups in total. The summed E-state index contributed by atoms with van der Waals surface area (Å²) in [6, 6.07) is 6.19. The number of ether oxygens (including phenoxy) is 2. The molecular formula is C21H33N3O3S. The van der Waals surface area contributed by atoms with Gasteiger partial charge in [-0.1, -0.05) is 6.07 Å². The minimum atomic E-state index is -0.481. The van der Waals surface area contributed by atoms with Crippen LogP contribution in [-0.2, 0) is 6.54 Å². The van der Waals surface area contributed by atoms with Crippen molar-refractivity contribution in [1.82, 2.24) is 15.1 Å². The molecule has 0 radical (unpaired) electrons. The second kappa shape index (κ2) is 9.67. The first-order valence-electron chi connectivity index (χ1n) is 10.4. The smallest absolute Gasteiger partial charge is 0.161 e. The lowest BCUT2D eigenvalue weighted by Gasteiger charge is -2.28. The van der Waals surface area contributed by atoms with Crippen LogP contribution in [0.1, 0.15) is 5.56 Å². The van der Waals surface area contributed by atoms with Crippen molar-refractivity contribution in [2.45, 2.75) is 12.6 Å². The van der Waals surface area contributed by atoms with Crippen molar-refractivity contribution in [3.05, 3.63) is 23.8 Å². The highest BCUT2D eigenvalue weighted by Crippen LogP contribution is 2.31. The molecule has 156 valence electrons. The summed E-state index contributed by atoms with van der Waals surface area (Å²) in [5.74, 6) is 5.38. The van der Waals surface area contributed by atoms with Crippen LogP contribution >= 0.6 is 11.8 Å². The van der Waals surface area contributed by atoms with Gasteiger partial charge in [-0.15, -0.1) is 0 Å². The highest BCUT2D eigenvalue weighted by Gasteiger charge is 2.35. The van der Waals surface area contributed by atoms with Crippen LogP contribution in [0.3, 0.4) is 0 Å². The Morgan fingerprint density at radius 2 is 1.89 bits per heavy atom. The molecule has 4 rings (SSSR count). The molecule has 0 aliphatic carbocycles. The highest BCUT2D eigenvalue weighted by atomic mass is 32.2. The fourth-order valence-electron chi connectivity index (χ4n) is 4.59. The van der Waals surface area contributed by atoms with Crippen molar-refractivity contribution in [3.63, 3.8) is 0 Å². The van der Waals surface area contributed by atoms with Gasteiger partial charge in [0.15, 0.2) is 11.5 Å². The van der Waals surface area contributed by atoms with E-state index in [1.165, 1.54) is 18.7 Å². The maximum absolute atomic E-state index is 10.3. The number of benzene rings is 1. The Balaban J connectivity index is 1.28. The summed E-state index contributed by atoms with van der Waals surface area (Å²) in [5.41, 5.74) is 1.25. The molecule has 1 aromatic carbocycles. The SMILES string of the molecule is COc1cc(CN2C[C@H]3CNC[C@H]3C2)ccc1OCC(O)CN1CCSCC1. The van der Waals surface area contributed by atoms with Gasteiger partial charge in [0, 0.05) is 50.8 Å². The summed E-state index contributed by atoms with van der Waals surface area (Å²) >= 11 is 1.98. The first kappa shape index (κ1) is 20.3. The van der Waals surface area contributed by atoms with Crippen molar-refractivity contribution in [3.8, 4) is 11.5 Å². The summed E-state index contributed by atoms with van der Waals surface area (Å²) in [7, 11) is 1.68. The van der Waals surface area contributed by atoms with E-state index in [1.807, 2.05) is 17.8 Å². The van der Waals surface area contributed by atoms with E-state index in [1.54, 1.807) is 7.11 Å². The number of nitrogens with zero attached hydrogens (tertiary/aromatic N) is 2. The van der Waals surface area contributed by atoms with Crippen LogP contribution in [0.2, 0.25) is 0 Å². The van der Waals surface area contributed by atoms with Gasteiger partial charge in [0.05, 0.1) is 7.11 Å². The van der Waals surface area contributed by atoms with Gasteiger partial charge in [0.25, 0.3) is 0 Å². The van der Waals surface area contributed by atoms with Gasteiger partial charge in [0.1, 0.15) is 12.7 Å². The van der Waals surface area contributed by atoms with E-state index < -0.39 is 6.10 Å². The molecule has 3 heterocycles. The van der Waals surface area contributed by atoms with E-state index in [4.69, 9.17) is 9.47 Å².